The minimum Gasteiger partial charge on any atom is -0.385 e. The van der Waals surface area contributed by atoms with E-state index < -0.39 is 0 Å². The highest BCUT2D eigenvalue weighted by molar-refractivity contribution is 6.17. The lowest BCUT2D eigenvalue weighted by Crippen LogP contribution is -2.46. The quantitative estimate of drug-likeness (QED) is 0.598. The summed E-state index contributed by atoms with van der Waals surface area (Å²) in [6.45, 7) is 4.33. The van der Waals surface area contributed by atoms with E-state index in [0.717, 1.165) is 37.9 Å². The highest BCUT2D eigenvalue weighted by Gasteiger charge is 2.27. The molecule has 15 heavy (non-hydrogen) atoms. The van der Waals surface area contributed by atoms with E-state index in [0.29, 0.717) is 6.04 Å². The Labute approximate surface area is 98.9 Å². The first-order chi connectivity index (χ1) is 7.29. The van der Waals surface area contributed by atoms with Crippen LogP contribution in [0.3, 0.4) is 0 Å². The van der Waals surface area contributed by atoms with Gasteiger partial charge >= 0.3 is 0 Å². The van der Waals surface area contributed by atoms with E-state index in [1.165, 1.54) is 19.3 Å². The van der Waals surface area contributed by atoms with Crippen LogP contribution in [0.1, 0.15) is 39.0 Å². The molecule has 1 aliphatic rings. The monoisotopic (exact) mass is 233 g/mol. The van der Waals surface area contributed by atoms with Crippen molar-refractivity contribution in [2.45, 2.75) is 51.1 Å². The fraction of sp³-hybridized carbons (Fsp3) is 1.00. The molecule has 0 aliphatic heterocycles. The van der Waals surface area contributed by atoms with Crippen LogP contribution in [0.15, 0.2) is 0 Å². The molecule has 0 aromatic rings. The maximum atomic E-state index is 5.77. The second kappa shape index (κ2) is 7.48. The van der Waals surface area contributed by atoms with E-state index in [9.17, 15) is 0 Å². The SMILES string of the molecule is COCCC(C)N(CCCCl)C1CCC1. The van der Waals surface area contributed by atoms with Gasteiger partial charge in [0.25, 0.3) is 0 Å². The third-order valence-corrected chi connectivity index (χ3v) is 3.67. The number of alkyl halides is 1. The maximum Gasteiger partial charge on any atom is 0.0477 e. The van der Waals surface area contributed by atoms with Crippen molar-refractivity contribution in [3.63, 3.8) is 0 Å². The van der Waals surface area contributed by atoms with Crippen LogP contribution in [0.2, 0.25) is 0 Å². The molecule has 0 aromatic heterocycles. The normalized spacial score (nSPS) is 19.2. The molecule has 90 valence electrons. The number of halogens is 1. The van der Waals surface area contributed by atoms with E-state index in [2.05, 4.69) is 11.8 Å². The number of hydrogen-bond donors (Lipinski definition) is 0. The van der Waals surface area contributed by atoms with Crippen molar-refractivity contribution in [3.05, 3.63) is 0 Å². The first-order valence-electron chi connectivity index (χ1n) is 6.10. The Balaban J connectivity index is 2.31. The number of methoxy groups -OCH3 is 1. The number of nitrogens with zero attached hydrogens (tertiary/aromatic N) is 1. The molecule has 1 unspecified atom stereocenters. The van der Waals surface area contributed by atoms with Crippen LogP contribution in [0.25, 0.3) is 0 Å². The number of rotatable bonds is 8. The molecule has 0 aromatic carbocycles. The van der Waals surface area contributed by atoms with Crippen molar-refractivity contribution < 1.29 is 4.74 Å². The van der Waals surface area contributed by atoms with Crippen LogP contribution in [-0.2, 0) is 4.74 Å². The van der Waals surface area contributed by atoms with Gasteiger partial charge in [-0.3, -0.25) is 4.90 Å². The summed E-state index contributed by atoms with van der Waals surface area (Å²) >= 11 is 5.77. The summed E-state index contributed by atoms with van der Waals surface area (Å²) in [7, 11) is 1.78. The summed E-state index contributed by atoms with van der Waals surface area (Å²) in [4.78, 5) is 2.63. The predicted molar refractivity (Wildman–Crippen MR) is 65.6 cm³/mol. The molecule has 1 rings (SSSR count). The van der Waals surface area contributed by atoms with E-state index in [1.54, 1.807) is 7.11 Å². The van der Waals surface area contributed by atoms with Crippen molar-refractivity contribution in [3.8, 4) is 0 Å². The lowest BCUT2D eigenvalue weighted by Gasteiger charge is -2.41. The van der Waals surface area contributed by atoms with Gasteiger partial charge in [0.15, 0.2) is 0 Å². The van der Waals surface area contributed by atoms with Crippen LogP contribution in [-0.4, -0.2) is 43.1 Å². The second-order valence-corrected chi connectivity index (χ2v) is 4.87. The molecule has 1 aliphatic carbocycles. The van der Waals surface area contributed by atoms with Gasteiger partial charge in [0, 0.05) is 31.7 Å². The molecular weight excluding hydrogens is 210 g/mol. The smallest absolute Gasteiger partial charge is 0.0477 e. The van der Waals surface area contributed by atoms with Gasteiger partial charge in [0.2, 0.25) is 0 Å². The molecule has 0 heterocycles. The molecule has 2 nitrogen and oxygen atoms in total. The van der Waals surface area contributed by atoms with Crippen LogP contribution in [0, 0.1) is 0 Å². The van der Waals surface area contributed by atoms with Crippen molar-refractivity contribution >= 4 is 11.6 Å². The number of ether oxygens (including phenoxy) is 1. The third-order valence-electron chi connectivity index (χ3n) is 3.40. The van der Waals surface area contributed by atoms with E-state index in [4.69, 9.17) is 16.3 Å². The molecular formula is C12H24ClNO. The largest absolute Gasteiger partial charge is 0.385 e. The average Bonchev–Trinajstić information content (AvgIpc) is 2.17. The summed E-state index contributed by atoms with van der Waals surface area (Å²) in [5, 5.41) is 0. The maximum absolute atomic E-state index is 5.77. The molecule has 3 heteroatoms. The van der Waals surface area contributed by atoms with Gasteiger partial charge in [0.1, 0.15) is 0 Å². The summed E-state index contributed by atoms with van der Waals surface area (Å²) < 4.78 is 5.15. The molecule has 1 saturated carbocycles. The first kappa shape index (κ1) is 13.3. The Morgan fingerprint density at radius 2 is 2.20 bits per heavy atom. The molecule has 0 saturated heterocycles. The fourth-order valence-electron chi connectivity index (χ4n) is 2.18. The highest BCUT2D eigenvalue weighted by atomic mass is 35.5. The van der Waals surface area contributed by atoms with Gasteiger partial charge in [0.05, 0.1) is 0 Å². The summed E-state index contributed by atoms with van der Waals surface area (Å²) in [5.74, 6) is 0.778. The molecule has 0 bridgehead atoms. The minimum atomic E-state index is 0.637. The minimum absolute atomic E-state index is 0.637. The van der Waals surface area contributed by atoms with Crippen molar-refractivity contribution in [2.75, 3.05) is 26.1 Å². The van der Waals surface area contributed by atoms with Gasteiger partial charge in [-0.05, 0) is 39.2 Å². The Bertz CT molecular complexity index is 162. The van der Waals surface area contributed by atoms with Crippen LogP contribution >= 0.6 is 11.6 Å². The van der Waals surface area contributed by atoms with Crippen LogP contribution in [0.4, 0.5) is 0 Å². The molecule has 0 radical (unpaired) electrons. The molecule has 0 amide bonds. The fourth-order valence-corrected chi connectivity index (χ4v) is 2.30. The first-order valence-corrected chi connectivity index (χ1v) is 6.63. The zero-order chi connectivity index (χ0) is 11.1. The van der Waals surface area contributed by atoms with Crippen LogP contribution in [0.5, 0.6) is 0 Å². The standard InChI is InChI=1S/C12H24ClNO/c1-11(7-10-15-2)14(9-4-8-13)12-5-3-6-12/h11-12H,3-10H2,1-2H3. The summed E-state index contributed by atoms with van der Waals surface area (Å²) in [6.07, 6.45) is 6.39. The Hall–Kier alpha value is 0.210. The Morgan fingerprint density at radius 1 is 1.47 bits per heavy atom. The van der Waals surface area contributed by atoms with Gasteiger partial charge in [-0.15, -0.1) is 11.6 Å². The van der Waals surface area contributed by atoms with E-state index in [-0.39, 0.29) is 0 Å². The van der Waals surface area contributed by atoms with Gasteiger partial charge in [-0.1, -0.05) is 6.42 Å². The number of hydrogen-bond acceptors (Lipinski definition) is 2. The lowest BCUT2D eigenvalue weighted by atomic mass is 9.90. The van der Waals surface area contributed by atoms with Crippen LogP contribution < -0.4 is 0 Å². The Kier molecular flexibility index (Phi) is 6.62. The van der Waals surface area contributed by atoms with Crippen molar-refractivity contribution in [2.24, 2.45) is 0 Å². The lowest BCUT2D eigenvalue weighted by molar-refractivity contribution is 0.0666. The Morgan fingerprint density at radius 3 is 2.67 bits per heavy atom. The zero-order valence-corrected chi connectivity index (χ0v) is 10.8. The van der Waals surface area contributed by atoms with Gasteiger partial charge in [-0.25, -0.2) is 0 Å². The zero-order valence-electron chi connectivity index (χ0n) is 10.0. The van der Waals surface area contributed by atoms with Gasteiger partial charge in [-0.2, -0.15) is 0 Å². The van der Waals surface area contributed by atoms with E-state index >= 15 is 0 Å². The van der Waals surface area contributed by atoms with Crippen molar-refractivity contribution in [1.29, 1.82) is 0 Å². The van der Waals surface area contributed by atoms with E-state index in [1.807, 2.05) is 0 Å². The van der Waals surface area contributed by atoms with Crippen molar-refractivity contribution in [1.82, 2.24) is 4.90 Å². The third kappa shape index (κ3) is 4.29. The highest BCUT2D eigenvalue weighted by Crippen LogP contribution is 2.27. The summed E-state index contributed by atoms with van der Waals surface area (Å²) in [5.41, 5.74) is 0. The molecule has 0 N–H and O–H groups in total. The van der Waals surface area contributed by atoms with Gasteiger partial charge < -0.3 is 4.74 Å². The molecule has 1 atom stereocenters. The second-order valence-electron chi connectivity index (χ2n) is 4.50. The molecule has 1 fully saturated rings. The molecule has 0 spiro atoms. The predicted octanol–water partition coefficient (Wildman–Crippen LogP) is 2.89. The topological polar surface area (TPSA) is 12.5 Å². The summed E-state index contributed by atoms with van der Waals surface area (Å²) in [6, 6.07) is 1.46. The average molecular weight is 234 g/mol.